The van der Waals surface area contributed by atoms with Crippen molar-refractivity contribution in [2.24, 2.45) is 0 Å². The molecule has 0 saturated carbocycles. The predicted molar refractivity (Wildman–Crippen MR) is 131 cm³/mol. The van der Waals surface area contributed by atoms with Crippen molar-refractivity contribution < 1.29 is 14.4 Å². The number of hydrogen-bond acceptors (Lipinski definition) is 4. The maximum Gasteiger partial charge on any atom is 0.243 e. The Kier molecular flexibility index (Phi) is 10.8. The van der Waals surface area contributed by atoms with E-state index in [1.165, 1.54) is 7.05 Å². The van der Waals surface area contributed by atoms with Crippen LogP contribution in [-0.4, -0.2) is 42.1 Å². The Balaban J connectivity index is 2.13. The topological polar surface area (TPSA) is 87.3 Å². The van der Waals surface area contributed by atoms with E-state index in [0.717, 1.165) is 17.5 Å². The van der Waals surface area contributed by atoms with Crippen LogP contribution in [0.25, 0.3) is 0 Å². The van der Waals surface area contributed by atoms with Crippen LogP contribution in [-0.2, 0) is 27.2 Å². The molecule has 6 nitrogen and oxygen atoms in total. The monoisotopic (exact) mass is 455 g/mol. The van der Waals surface area contributed by atoms with Crippen LogP contribution in [0.2, 0.25) is 0 Å². The fraction of sp³-hybridized carbons (Fsp3) is 0.400. The summed E-state index contributed by atoms with van der Waals surface area (Å²) in [6.45, 7) is 1.98. The fourth-order valence-corrected chi connectivity index (χ4v) is 3.74. The summed E-state index contributed by atoms with van der Waals surface area (Å²) in [6, 6.07) is 17.8. The number of amides is 3. The van der Waals surface area contributed by atoms with Gasteiger partial charge < -0.3 is 16.0 Å². The van der Waals surface area contributed by atoms with E-state index >= 15 is 0 Å². The van der Waals surface area contributed by atoms with Gasteiger partial charge in [0.05, 0.1) is 5.25 Å². The maximum atomic E-state index is 13.2. The Hall–Kier alpha value is -2.80. The molecule has 2 aromatic rings. The van der Waals surface area contributed by atoms with Gasteiger partial charge in [-0.15, -0.1) is 0 Å². The first-order chi connectivity index (χ1) is 15.4. The van der Waals surface area contributed by atoms with E-state index in [4.69, 9.17) is 0 Å². The van der Waals surface area contributed by atoms with Gasteiger partial charge in [-0.2, -0.15) is 12.6 Å². The van der Waals surface area contributed by atoms with Crippen molar-refractivity contribution in [3.63, 3.8) is 0 Å². The molecule has 3 N–H and O–H groups in total. The minimum absolute atomic E-state index is 0.275. The van der Waals surface area contributed by atoms with Gasteiger partial charge in [0.1, 0.15) is 12.1 Å². The highest BCUT2D eigenvalue weighted by molar-refractivity contribution is 7.81. The molecule has 2 aromatic carbocycles. The van der Waals surface area contributed by atoms with Crippen molar-refractivity contribution in [1.82, 2.24) is 16.0 Å². The zero-order chi connectivity index (χ0) is 23.3. The molecule has 0 radical (unpaired) electrons. The van der Waals surface area contributed by atoms with Crippen molar-refractivity contribution in [2.45, 2.75) is 56.4 Å². The van der Waals surface area contributed by atoms with Gasteiger partial charge in [0.2, 0.25) is 17.7 Å². The predicted octanol–water partition coefficient (Wildman–Crippen LogP) is 2.68. The SMILES string of the molecule is CCCC(S)C(=O)NC(CCc1ccccc1)C(=O)NC(Cc1ccccc1)C(=O)NC. The van der Waals surface area contributed by atoms with E-state index in [1.54, 1.807) is 0 Å². The molecular formula is C25H33N3O3S. The number of rotatable bonds is 12. The van der Waals surface area contributed by atoms with Gasteiger partial charge in [-0.05, 0) is 30.4 Å². The Morgan fingerprint density at radius 3 is 1.91 bits per heavy atom. The highest BCUT2D eigenvalue weighted by Gasteiger charge is 2.27. The van der Waals surface area contributed by atoms with Crippen molar-refractivity contribution in [2.75, 3.05) is 7.05 Å². The number of hydrogen-bond donors (Lipinski definition) is 4. The number of carbonyl (C=O) groups excluding carboxylic acids is 3. The summed E-state index contributed by atoms with van der Waals surface area (Å²) in [5.74, 6) is -0.938. The zero-order valence-electron chi connectivity index (χ0n) is 18.7. The minimum Gasteiger partial charge on any atom is -0.357 e. The molecule has 0 heterocycles. The lowest BCUT2D eigenvalue weighted by Crippen LogP contribution is -2.55. The molecule has 0 spiro atoms. The van der Waals surface area contributed by atoms with Crippen molar-refractivity contribution in [3.05, 3.63) is 71.8 Å². The quantitative estimate of drug-likeness (QED) is 0.371. The third-order valence-electron chi connectivity index (χ3n) is 5.22. The molecule has 3 atom stereocenters. The molecule has 2 rings (SSSR count). The molecule has 0 bridgehead atoms. The average Bonchev–Trinajstić information content (AvgIpc) is 2.82. The zero-order valence-corrected chi connectivity index (χ0v) is 19.6. The van der Waals surface area contributed by atoms with Crippen LogP contribution in [0.1, 0.15) is 37.3 Å². The first-order valence-electron chi connectivity index (χ1n) is 11.0. The average molecular weight is 456 g/mol. The second kappa shape index (κ2) is 13.6. The van der Waals surface area contributed by atoms with Crippen LogP contribution >= 0.6 is 12.6 Å². The molecule has 7 heteroatoms. The Bertz CT molecular complexity index is 861. The van der Waals surface area contributed by atoms with Crippen LogP contribution in [0.5, 0.6) is 0 Å². The van der Waals surface area contributed by atoms with Gasteiger partial charge in [0.15, 0.2) is 0 Å². The van der Waals surface area contributed by atoms with Crippen LogP contribution in [0.4, 0.5) is 0 Å². The van der Waals surface area contributed by atoms with E-state index in [1.807, 2.05) is 67.6 Å². The molecule has 172 valence electrons. The number of carbonyl (C=O) groups is 3. The second-order valence-electron chi connectivity index (χ2n) is 7.76. The third-order valence-corrected chi connectivity index (χ3v) is 5.72. The number of nitrogens with one attached hydrogen (secondary N) is 3. The number of aryl methyl sites for hydroxylation is 1. The molecule has 3 amide bonds. The van der Waals surface area contributed by atoms with E-state index < -0.39 is 17.3 Å². The van der Waals surface area contributed by atoms with Gasteiger partial charge in [0.25, 0.3) is 0 Å². The molecule has 32 heavy (non-hydrogen) atoms. The summed E-state index contributed by atoms with van der Waals surface area (Å²) in [6.07, 6.45) is 2.83. The van der Waals surface area contributed by atoms with Gasteiger partial charge in [-0.25, -0.2) is 0 Å². The summed E-state index contributed by atoms with van der Waals surface area (Å²) < 4.78 is 0. The molecule has 3 unspecified atom stereocenters. The molecule has 0 saturated heterocycles. The summed E-state index contributed by atoms with van der Waals surface area (Å²) in [7, 11) is 1.54. The van der Waals surface area contributed by atoms with E-state index in [2.05, 4.69) is 28.6 Å². The highest BCUT2D eigenvalue weighted by atomic mass is 32.1. The van der Waals surface area contributed by atoms with Gasteiger partial charge in [-0.3, -0.25) is 14.4 Å². The standard InChI is InChI=1S/C25H33N3O3S/c1-3-10-22(32)25(31)27-20(16-15-18-11-6-4-7-12-18)24(30)28-21(23(29)26-2)17-19-13-8-5-9-14-19/h4-9,11-14,20-22,32H,3,10,15-17H2,1-2H3,(H,26,29)(H,27,31)(H,28,30). The Labute approximate surface area is 196 Å². The Morgan fingerprint density at radius 2 is 1.34 bits per heavy atom. The Morgan fingerprint density at radius 1 is 0.781 bits per heavy atom. The summed E-state index contributed by atoms with van der Waals surface area (Å²) >= 11 is 4.36. The first kappa shape index (κ1) is 25.5. The molecule has 0 aliphatic carbocycles. The van der Waals surface area contributed by atoms with Crippen LogP contribution in [0.3, 0.4) is 0 Å². The minimum atomic E-state index is -0.767. The van der Waals surface area contributed by atoms with Crippen LogP contribution < -0.4 is 16.0 Å². The van der Waals surface area contributed by atoms with Crippen molar-refractivity contribution in [3.8, 4) is 0 Å². The normalized spacial score (nSPS) is 13.5. The number of benzene rings is 2. The molecule has 0 aromatic heterocycles. The molecule has 0 fully saturated rings. The second-order valence-corrected chi connectivity index (χ2v) is 8.38. The molecule has 0 aliphatic heterocycles. The lowest BCUT2D eigenvalue weighted by atomic mass is 10.0. The smallest absolute Gasteiger partial charge is 0.243 e. The highest BCUT2D eigenvalue weighted by Crippen LogP contribution is 2.10. The van der Waals surface area contributed by atoms with E-state index in [0.29, 0.717) is 25.7 Å². The van der Waals surface area contributed by atoms with E-state index in [-0.39, 0.29) is 17.7 Å². The fourth-order valence-electron chi connectivity index (χ4n) is 3.40. The van der Waals surface area contributed by atoms with Crippen LogP contribution in [0, 0.1) is 0 Å². The van der Waals surface area contributed by atoms with Gasteiger partial charge >= 0.3 is 0 Å². The lowest BCUT2D eigenvalue weighted by Gasteiger charge is -2.24. The number of likely N-dealkylation sites (N-methyl/N-ethyl adjacent to an activating group) is 1. The summed E-state index contributed by atoms with van der Waals surface area (Å²) in [5.41, 5.74) is 2.01. The van der Waals surface area contributed by atoms with Crippen LogP contribution in [0.15, 0.2) is 60.7 Å². The first-order valence-corrected chi connectivity index (χ1v) is 11.5. The largest absolute Gasteiger partial charge is 0.357 e. The summed E-state index contributed by atoms with van der Waals surface area (Å²) in [4.78, 5) is 38.2. The van der Waals surface area contributed by atoms with Crippen molar-refractivity contribution in [1.29, 1.82) is 0 Å². The van der Waals surface area contributed by atoms with Crippen molar-refractivity contribution >= 4 is 30.4 Å². The van der Waals surface area contributed by atoms with Gasteiger partial charge in [-0.1, -0.05) is 74.0 Å². The lowest BCUT2D eigenvalue weighted by molar-refractivity contribution is -0.132. The third kappa shape index (κ3) is 8.38. The molecule has 0 aliphatic rings. The van der Waals surface area contributed by atoms with E-state index in [9.17, 15) is 14.4 Å². The maximum absolute atomic E-state index is 13.2. The van der Waals surface area contributed by atoms with Gasteiger partial charge in [0, 0.05) is 13.5 Å². The molecular weight excluding hydrogens is 422 g/mol. The number of thiol groups is 1. The summed E-state index contributed by atoms with van der Waals surface area (Å²) in [5, 5.41) is 7.81.